The second-order valence-electron chi connectivity index (χ2n) is 1.97. The molecule has 0 aromatic carbocycles. The molecule has 0 radical (unpaired) electrons. The van der Waals surface area contributed by atoms with Crippen LogP contribution in [-0.4, -0.2) is 15.8 Å². The monoisotopic (exact) mass is 139 g/mol. The summed E-state index contributed by atoms with van der Waals surface area (Å²) in [5, 5.41) is 0. The fraction of sp³-hybridized carbons (Fsp3) is 0.333. The predicted octanol–water partition coefficient (Wildman–Crippen LogP) is 0.0543. The van der Waals surface area contributed by atoms with Gasteiger partial charge in [0, 0.05) is 13.0 Å². The molecule has 54 valence electrons. The van der Waals surface area contributed by atoms with Crippen LogP contribution in [0, 0.1) is 0 Å². The molecule has 1 rings (SSSR count). The number of anilines is 1. The number of hydrogen-bond acceptors (Lipinski definition) is 3. The topological polar surface area (TPSA) is 60.9 Å². The van der Waals surface area contributed by atoms with Gasteiger partial charge in [-0.1, -0.05) is 0 Å². The number of hydrogen-bond donors (Lipinski definition) is 1. The number of aryl methyl sites for hydroxylation is 1. The molecule has 0 aliphatic carbocycles. The van der Waals surface area contributed by atoms with Gasteiger partial charge in [0.15, 0.2) is 0 Å². The predicted molar refractivity (Wildman–Crippen MR) is 37.3 cm³/mol. The molecule has 0 saturated heterocycles. The van der Waals surface area contributed by atoms with Crippen LogP contribution >= 0.6 is 0 Å². The smallest absolute Gasteiger partial charge is 0.123 e. The zero-order valence-corrected chi connectivity index (χ0v) is 5.53. The van der Waals surface area contributed by atoms with Gasteiger partial charge in [-0.05, 0) is 0 Å². The van der Waals surface area contributed by atoms with Crippen LogP contribution in [0.25, 0.3) is 0 Å². The van der Waals surface area contributed by atoms with Crippen molar-refractivity contribution < 1.29 is 4.79 Å². The third kappa shape index (κ3) is 1.34. The van der Waals surface area contributed by atoms with Gasteiger partial charge in [-0.2, -0.15) is 0 Å². The van der Waals surface area contributed by atoms with Crippen molar-refractivity contribution in [1.82, 2.24) is 9.55 Å². The molecule has 10 heavy (non-hydrogen) atoms. The van der Waals surface area contributed by atoms with Crippen molar-refractivity contribution in [2.75, 3.05) is 5.73 Å². The van der Waals surface area contributed by atoms with Crippen molar-refractivity contribution in [2.45, 2.75) is 13.0 Å². The molecule has 4 nitrogen and oxygen atoms in total. The van der Waals surface area contributed by atoms with Crippen molar-refractivity contribution in [3.8, 4) is 0 Å². The Morgan fingerprint density at radius 2 is 2.60 bits per heavy atom. The average Bonchev–Trinajstić information content (AvgIpc) is 2.31. The standard InChI is InChI=1S/C6H9N3O/c7-6-4-8-5-9(6)2-1-3-10/h3-5H,1-2,7H2. The minimum Gasteiger partial charge on any atom is -0.384 e. The van der Waals surface area contributed by atoms with Gasteiger partial charge < -0.3 is 15.1 Å². The van der Waals surface area contributed by atoms with E-state index in [1.807, 2.05) is 0 Å². The second kappa shape index (κ2) is 3.00. The van der Waals surface area contributed by atoms with Gasteiger partial charge in [-0.3, -0.25) is 0 Å². The molecule has 0 amide bonds. The Kier molecular flexibility index (Phi) is 2.04. The molecular weight excluding hydrogens is 130 g/mol. The van der Waals surface area contributed by atoms with Crippen LogP contribution in [0.1, 0.15) is 6.42 Å². The maximum atomic E-state index is 9.94. The highest BCUT2D eigenvalue weighted by Crippen LogP contribution is 1.99. The lowest BCUT2D eigenvalue weighted by molar-refractivity contribution is -0.108. The first kappa shape index (κ1) is 6.80. The first-order chi connectivity index (χ1) is 4.84. The summed E-state index contributed by atoms with van der Waals surface area (Å²) in [6.45, 7) is 0.620. The van der Waals surface area contributed by atoms with Crippen LogP contribution in [-0.2, 0) is 11.3 Å². The number of rotatable bonds is 3. The van der Waals surface area contributed by atoms with E-state index in [0.717, 1.165) is 6.29 Å². The first-order valence-corrected chi connectivity index (χ1v) is 3.04. The highest BCUT2D eigenvalue weighted by atomic mass is 16.1. The van der Waals surface area contributed by atoms with Gasteiger partial charge in [0.1, 0.15) is 12.1 Å². The van der Waals surface area contributed by atoms with E-state index < -0.39 is 0 Å². The third-order valence-corrected chi connectivity index (χ3v) is 1.23. The lowest BCUT2D eigenvalue weighted by atomic mass is 10.5. The Morgan fingerprint density at radius 3 is 3.10 bits per heavy atom. The molecule has 0 aliphatic heterocycles. The molecule has 1 aromatic heterocycles. The summed E-state index contributed by atoms with van der Waals surface area (Å²) < 4.78 is 1.73. The van der Waals surface area contributed by atoms with Crippen molar-refractivity contribution >= 4 is 12.1 Å². The summed E-state index contributed by atoms with van der Waals surface area (Å²) in [7, 11) is 0. The molecular formula is C6H9N3O. The minimum absolute atomic E-state index is 0.487. The number of nitrogen functional groups attached to an aromatic ring is 1. The molecule has 0 saturated carbocycles. The van der Waals surface area contributed by atoms with E-state index in [1.54, 1.807) is 17.1 Å². The quantitative estimate of drug-likeness (QED) is 0.602. The Balaban J connectivity index is 2.56. The van der Waals surface area contributed by atoms with Crippen LogP contribution in [0.3, 0.4) is 0 Å². The molecule has 4 heteroatoms. The second-order valence-corrected chi connectivity index (χ2v) is 1.97. The van der Waals surface area contributed by atoms with Gasteiger partial charge in [0.25, 0.3) is 0 Å². The van der Waals surface area contributed by atoms with Crippen LogP contribution in [0.15, 0.2) is 12.5 Å². The highest BCUT2D eigenvalue weighted by molar-refractivity contribution is 5.49. The van der Waals surface area contributed by atoms with E-state index in [-0.39, 0.29) is 0 Å². The maximum Gasteiger partial charge on any atom is 0.123 e. The summed E-state index contributed by atoms with van der Waals surface area (Å²) in [6.07, 6.45) is 4.52. The fourth-order valence-electron chi connectivity index (χ4n) is 0.710. The lowest BCUT2D eigenvalue weighted by Crippen LogP contribution is -2.01. The highest BCUT2D eigenvalue weighted by Gasteiger charge is 1.93. The molecule has 0 spiro atoms. The largest absolute Gasteiger partial charge is 0.384 e. The average molecular weight is 139 g/mol. The molecule has 0 bridgehead atoms. The molecule has 2 N–H and O–H groups in total. The number of aromatic nitrogens is 2. The van der Waals surface area contributed by atoms with E-state index in [2.05, 4.69) is 4.98 Å². The number of carbonyl (C=O) groups is 1. The Hall–Kier alpha value is -1.32. The zero-order valence-electron chi connectivity index (χ0n) is 5.53. The Morgan fingerprint density at radius 1 is 1.80 bits per heavy atom. The molecule has 1 heterocycles. The number of nitrogens with two attached hydrogens (primary N) is 1. The van der Waals surface area contributed by atoms with E-state index >= 15 is 0 Å². The molecule has 0 unspecified atom stereocenters. The summed E-state index contributed by atoms with van der Waals surface area (Å²) in [6, 6.07) is 0. The molecule has 0 atom stereocenters. The van der Waals surface area contributed by atoms with E-state index in [1.165, 1.54) is 0 Å². The van der Waals surface area contributed by atoms with Crippen LogP contribution in [0.4, 0.5) is 5.82 Å². The summed E-state index contributed by atoms with van der Waals surface area (Å²) in [5.41, 5.74) is 5.47. The summed E-state index contributed by atoms with van der Waals surface area (Å²) in [5.74, 6) is 0.599. The van der Waals surface area contributed by atoms with Crippen molar-refractivity contribution in [1.29, 1.82) is 0 Å². The van der Waals surface area contributed by atoms with E-state index in [0.29, 0.717) is 18.8 Å². The Labute approximate surface area is 58.7 Å². The lowest BCUT2D eigenvalue weighted by Gasteiger charge is -1.98. The van der Waals surface area contributed by atoms with Gasteiger partial charge in [0.05, 0.1) is 12.5 Å². The van der Waals surface area contributed by atoms with Crippen LogP contribution < -0.4 is 5.73 Å². The summed E-state index contributed by atoms with van der Waals surface area (Å²) >= 11 is 0. The van der Waals surface area contributed by atoms with Crippen LogP contribution in [0.2, 0.25) is 0 Å². The van der Waals surface area contributed by atoms with Gasteiger partial charge in [-0.15, -0.1) is 0 Å². The van der Waals surface area contributed by atoms with Gasteiger partial charge in [-0.25, -0.2) is 4.98 Å². The maximum absolute atomic E-state index is 9.94. The number of aldehydes is 1. The van der Waals surface area contributed by atoms with E-state index in [9.17, 15) is 4.79 Å². The molecule has 0 aliphatic rings. The van der Waals surface area contributed by atoms with Crippen molar-refractivity contribution in [2.24, 2.45) is 0 Å². The summed E-state index contributed by atoms with van der Waals surface area (Å²) in [4.78, 5) is 13.7. The van der Waals surface area contributed by atoms with Crippen molar-refractivity contribution in [3.63, 3.8) is 0 Å². The first-order valence-electron chi connectivity index (χ1n) is 3.04. The number of imidazole rings is 1. The van der Waals surface area contributed by atoms with Crippen LogP contribution in [0.5, 0.6) is 0 Å². The van der Waals surface area contributed by atoms with E-state index in [4.69, 9.17) is 5.73 Å². The zero-order chi connectivity index (χ0) is 7.40. The normalized spacial score (nSPS) is 9.60. The minimum atomic E-state index is 0.487. The molecule has 0 fully saturated rings. The Bertz CT molecular complexity index is 219. The van der Waals surface area contributed by atoms with Crippen molar-refractivity contribution in [3.05, 3.63) is 12.5 Å². The number of carbonyl (C=O) groups excluding carboxylic acids is 1. The SMILES string of the molecule is Nc1cncn1CCC=O. The van der Waals surface area contributed by atoms with Gasteiger partial charge >= 0.3 is 0 Å². The third-order valence-electron chi connectivity index (χ3n) is 1.23. The fourth-order valence-corrected chi connectivity index (χ4v) is 0.710. The molecule has 1 aromatic rings. The van der Waals surface area contributed by atoms with Gasteiger partial charge in [0.2, 0.25) is 0 Å². The number of nitrogens with zero attached hydrogens (tertiary/aromatic N) is 2.